The first kappa shape index (κ1) is 13.3. The average molecular weight is 261 g/mol. The van der Waals surface area contributed by atoms with Gasteiger partial charge in [-0.2, -0.15) is 5.10 Å². The van der Waals surface area contributed by atoms with Gasteiger partial charge in [-0.05, 0) is 12.0 Å². The summed E-state index contributed by atoms with van der Waals surface area (Å²) in [6.45, 7) is 4.72. The van der Waals surface area contributed by atoms with E-state index in [-0.39, 0.29) is 11.5 Å². The van der Waals surface area contributed by atoms with Gasteiger partial charge in [0.15, 0.2) is 0 Å². The lowest BCUT2D eigenvalue weighted by Crippen LogP contribution is -2.15. The van der Waals surface area contributed by atoms with Crippen molar-refractivity contribution < 1.29 is 0 Å². The molecular formula is C13H19N5O. The Hall–Kier alpha value is -2.11. The van der Waals surface area contributed by atoms with Crippen molar-refractivity contribution in [1.82, 2.24) is 19.7 Å². The lowest BCUT2D eigenvalue weighted by Gasteiger charge is -2.08. The van der Waals surface area contributed by atoms with Crippen LogP contribution in [-0.4, -0.2) is 26.3 Å². The summed E-state index contributed by atoms with van der Waals surface area (Å²) in [6, 6.07) is 1.48. The molecule has 0 saturated heterocycles. The smallest absolute Gasteiger partial charge is 0.252 e. The molecule has 0 fully saturated rings. The van der Waals surface area contributed by atoms with Gasteiger partial charge in [0.1, 0.15) is 11.6 Å². The first-order chi connectivity index (χ1) is 9.04. The number of rotatable bonds is 5. The quantitative estimate of drug-likeness (QED) is 0.850. The highest BCUT2D eigenvalue weighted by Gasteiger charge is 2.05. The fourth-order valence-corrected chi connectivity index (χ4v) is 1.78. The largest absolute Gasteiger partial charge is 0.370 e. The van der Waals surface area contributed by atoms with Gasteiger partial charge in [-0.3, -0.25) is 9.48 Å². The van der Waals surface area contributed by atoms with E-state index in [1.807, 2.05) is 33.3 Å². The summed E-state index contributed by atoms with van der Waals surface area (Å²) in [5.41, 5.74) is 1.03. The van der Waals surface area contributed by atoms with Crippen molar-refractivity contribution in [1.29, 1.82) is 0 Å². The fourth-order valence-electron chi connectivity index (χ4n) is 1.78. The van der Waals surface area contributed by atoms with Gasteiger partial charge in [-0.1, -0.05) is 13.8 Å². The van der Waals surface area contributed by atoms with Gasteiger partial charge in [0.2, 0.25) is 0 Å². The van der Waals surface area contributed by atoms with Crippen LogP contribution in [0.1, 0.15) is 31.2 Å². The van der Waals surface area contributed by atoms with Crippen molar-refractivity contribution >= 4 is 5.82 Å². The molecule has 2 aromatic heterocycles. The molecule has 0 bridgehead atoms. The number of anilines is 1. The second-order valence-corrected chi connectivity index (χ2v) is 4.87. The molecule has 2 heterocycles. The third kappa shape index (κ3) is 3.67. The number of aromatic nitrogens is 4. The molecule has 102 valence electrons. The molecule has 2 rings (SSSR count). The molecule has 19 heavy (non-hydrogen) atoms. The number of H-pyrrole nitrogens is 1. The zero-order valence-corrected chi connectivity index (χ0v) is 11.5. The Bertz CT molecular complexity index is 599. The minimum Gasteiger partial charge on any atom is -0.370 e. The van der Waals surface area contributed by atoms with Crippen molar-refractivity contribution in [2.45, 2.75) is 26.2 Å². The Kier molecular flexibility index (Phi) is 3.99. The summed E-state index contributed by atoms with van der Waals surface area (Å²) in [7, 11) is 1.89. The highest BCUT2D eigenvalue weighted by atomic mass is 16.1. The van der Waals surface area contributed by atoms with E-state index >= 15 is 0 Å². The Morgan fingerprint density at radius 1 is 1.47 bits per heavy atom. The Balaban J connectivity index is 1.97. The molecule has 0 spiro atoms. The van der Waals surface area contributed by atoms with Crippen molar-refractivity contribution in [2.24, 2.45) is 7.05 Å². The molecule has 2 aromatic rings. The van der Waals surface area contributed by atoms with Crippen molar-refractivity contribution in [3.8, 4) is 0 Å². The maximum atomic E-state index is 11.5. The zero-order valence-electron chi connectivity index (χ0n) is 11.5. The highest BCUT2D eigenvalue weighted by molar-refractivity contribution is 5.33. The summed E-state index contributed by atoms with van der Waals surface area (Å²) < 4.78 is 1.78. The van der Waals surface area contributed by atoms with E-state index in [0.717, 1.165) is 18.5 Å². The second kappa shape index (κ2) is 5.69. The molecule has 0 aliphatic rings. The van der Waals surface area contributed by atoms with Gasteiger partial charge < -0.3 is 10.3 Å². The SMILES string of the molecule is CC(C)c1nc(NCCc2cnn(C)c2)cc(=O)[nH]1. The standard InChI is InChI=1S/C13H19N5O/c1-9(2)13-16-11(6-12(19)17-13)14-5-4-10-7-15-18(3)8-10/h6-9H,4-5H2,1-3H3,(H2,14,16,17,19). The third-order valence-corrected chi connectivity index (χ3v) is 2.79. The number of aryl methyl sites for hydroxylation is 1. The summed E-state index contributed by atoms with van der Waals surface area (Å²) in [5, 5.41) is 7.28. The van der Waals surface area contributed by atoms with E-state index in [1.54, 1.807) is 4.68 Å². The van der Waals surface area contributed by atoms with Crippen LogP contribution in [0.2, 0.25) is 0 Å². The number of nitrogens with one attached hydrogen (secondary N) is 2. The minimum absolute atomic E-state index is 0.123. The minimum atomic E-state index is -0.123. The fraction of sp³-hybridized carbons (Fsp3) is 0.462. The summed E-state index contributed by atoms with van der Waals surface area (Å²) in [5.74, 6) is 1.53. The van der Waals surface area contributed by atoms with Crippen LogP contribution in [0.25, 0.3) is 0 Å². The second-order valence-electron chi connectivity index (χ2n) is 4.87. The van der Waals surface area contributed by atoms with E-state index in [2.05, 4.69) is 20.4 Å². The molecule has 0 aliphatic carbocycles. The molecule has 0 unspecified atom stereocenters. The van der Waals surface area contributed by atoms with E-state index in [9.17, 15) is 4.79 Å². The third-order valence-electron chi connectivity index (χ3n) is 2.79. The summed E-state index contributed by atoms with van der Waals surface area (Å²) in [6.07, 6.45) is 4.66. The van der Waals surface area contributed by atoms with Crippen LogP contribution in [0.5, 0.6) is 0 Å². The average Bonchev–Trinajstić information content (AvgIpc) is 2.74. The summed E-state index contributed by atoms with van der Waals surface area (Å²) in [4.78, 5) is 18.6. The van der Waals surface area contributed by atoms with Gasteiger partial charge in [0, 0.05) is 31.8 Å². The van der Waals surface area contributed by atoms with E-state index in [0.29, 0.717) is 11.6 Å². The van der Waals surface area contributed by atoms with Crippen LogP contribution >= 0.6 is 0 Å². The first-order valence-corrected chi connectivity index (χ1v) is 6.37. The molecular weight excluding hydrogens is 242 g/mol. The van der Waals surface area contributed by atoms with Gasteiger partial charge in [0.25, 0.3) is 5.56 Å². The first-order valence-electron chi connectivity index (χ1n) is 6.37. The number of aromatic amines is 1. The molecule has 0 radical (unpaired) electrons. The van der Waals surface area contributed by atoms with Gasteiger partial charge >= 0.3 is 0 Å². The molecule has 0 atom stereocenters. The lowest BCUT2D eigenvalue weighted by atomic mass is 10.2. The Labute approximate surface area is 111 Å². The summed E-state index contributed by atoms with van der Waals surface area (Å²) >= 11 is 0. The maximum absolute atomic E-state index is 11.5. The molecule has 6 nitrogen and oxygen atoms in total. The van der Waals surface area contributed by atoms with Crippen LogP contribution in [-0.2, 0) is 13.5 Å². The predicted octanol–water partition coefficient (Wildman–Crippen LogP) is 1.28. The molecule has 0 aromatic carbocycles. The van der Waals surface area contributed by atoms with E-state index < -0.39 is 0 Å². The topological polar surface area (TPSA) is 75.6 Å². The van der Waals surface area contributed by atoms with Crippen LogP contribution in [0.15, 0.2) is 23.3 Å². The van der Waals surface area contributed by atoms with Crippen LogP contribution in [0.3, 0.4) is 0 Å². The van der Waals surface area contributed by atoms with Gasteiger partial charge in [-0.15, -0.1) is 0 Å². The molecule has 0 saturated carbocycles. The van der Waals surface area contributed by atoms with Crippen LogP contribution in [0.4, 0.5) is 5.82 Å². The monoisotopic (exact) mass is 261 g/mol. The zero-order chi connectivity index (χ0) is 13.8. The van der Waals surface area contributed by atoms with Crippen molar-refractivity contribution in [2.75, 3.05) is 11.9 Å². The van der Waals surface area contributed by atoms with Crippen molar-refractivity contribution in [3.05, 3.63) is 40.2 Å². The Morgan fingerprint density at radius 2 is 2.26 bits per heavy atom. The molecule has 2 N–H and O–H groups in total. The molecule has 0 aliphatic heterocycles. The normalized spacial score (nSPS) is 10.9. The van der Waals surface area contributed by atoms with E-state index in [1.165, 1.54) is 6.07 Å². The number of hydrogen-bond acceptors (Lipinski definition) is 4. The highest BCUT2D eigenvalue weighted by Crippen LogP contribution is 2.09. The Morgan fingerprint density at radius 3 is 2.89 bits per heavy atom. The van der Waals surface area contributed by atoms with Crippen molar-refractivity contribution in [3.63, 3.8) is 0 Å². The molecule has 6 heteroatoms. The van der Waals surface area contributed by atoms with Crippen LogP contribution < -0.4 is 10.9 Å². The maximum Gasteiger partial charge on any atom is 0.252 e. The predicted molar refractivity (Wildman–Crippen MR) is 74.3 cm³/mol. The molecule has 0 amide bonds. The lowest BCUT2D eigenvalue weighted by molar-refractivity contribution is 0.765. The van der Waals surface area contributed by atoms with Crippen LogP contribution in [0, 0.1) is 0 Å². The van der Waals surface area contributed by atoms with E-state index in [4.69, 9.17) is 0 Å². The number of hydrogen-bond donors (Lipinski definition) is 2. The van der Waals surface area contributed by atoms with Gasteiger partial charge in [0.05, 0.1) is 6.20 Å². The number of nitrogens with zero attached hydrogens (tertiary/aromatic N) is 3. The van der Waals surface area contributed by atoms with Gasteiger partial charge in [-0.25, -0.2) is 4.98 Å².